The molecule has 2 aliphatic rings. The molecule has 0 radical (unpaired) electrons. The van der Waals surface area contributed by atoms with Gasteiger partial charge in [0.25, 0.3) is 17.0 Å². The Morgan fingerprint density at radius 1 is 1.19 bits per heavy atom. The van der Waals surface area contributed by atoms with Crippen LogP contribution in [0.15, 0.2) is 51.2 Å². The van der Waals surface area contributed by atoms with Crippen molar-refractivity contribution in [3.8, 4) is 0 Å². The predicted octanol–water partition coefficient (Wildman–Crippen LogP) is 1.43. The van der Waals surface area contributed by atoms with E-state index < -0.39 is 41.3 Å². The lowest BCUT2D eigenvalue weighted by Crippen LogP contribution is -2.70. The van der Waals surface area contributed by atoms with Crippen LogP contribution >= 0.6 is 23.5 Å². The van der Waals surface area contributed by atoms with Crippen LogP contribution in [-0.4, -0.2) is 77.1 Å². The molecule has 0 aliphatic carbocycles. The maximum Gasteiger partial charge on any atom is 0.352 e. The topological polar surface area (TPSA) is 183 Å². The first-order chi connectivity index (χ1) is 17.8. The van der Waals surface area contributed by atoms with E-state index in [9.17, 15) is 29.4 Å². The second-order valence-corrected chi connectivity index (χ2v) is 10.3. The molecule has 37 heavy (non-hydrogen) atoms. The number of β-lactam (4-membered cyclic amide) rings is 1. The van der Waals surface area contributed by atoms with E-state index in [1.165, 1.54) is 11.8 Å². The van der Waals surface area contributed by atoms with Crippen molar-refractivity contribution in [1.29, 1.82) is 0 Å². The van der Waals surface area contributed by atoms with Gasteiger partial charge in [0.2, 0.25) is 5.89 Å². The molecule has 1 aromatic carbocycles. The van der Waals surface area contributed by atoms with Gasteiger partial charge in [0.1, 0.15) is 17.1 Å². The van der Waals surface area contributed by atoms with Gasteiger partial charge in [0.15, 0.2) is 6.10 Å². The first kappa shape index (κ1) is 26.7. The normalized spacial score (nSPS) is 19.7. The molecular formula is C23H24N4O8S2. The van der Waals surface area contributed by atoms with Crippen molar-refractivity contribution in [2.24, 2.45) is 0 Å². The Morgan fingerprint density at radius 2 is 1.95 bits per heavy atom. The van der Waals surface area contributed by atoms with E-state index in [4.69, 9.17) is 9.52 Å². The molecule has 3 atom stereocenters. The summed E-state index contributed by atoms with van der Waals surface area (Å²) in [5, 5.41) is 38.8. The van der Waals surface area contributed by atoms with Crippen LogP contribution in [0.25, 0.3) is 0 Å². The summed E-state index contributed by atoms with van der Waals surface area (Å²) in [4.78, 5) is 49.1. The molecule has 3 heterocycles. The number of aliphatic carboxylic acids is 2. The Morgan fingerprint density at radius 3 is 2.65 bits per heavy atom. The number of aryl methyl sites for hydroxylation is 1. The summed E-state index contributed by atoms with van der Waals surface area (Å²) in [5.41, 5.74) is 0.751. The standard InChI is InChI=1S/C23H24N4O8S2/c28-15(29)9-5-4-8-14-25-26-23(35-14)37-11-13-10-36-21-16(20(32)27(21)17(13)22(33)34)24-19(31)18(30)12-6-2-1-3-7-12/h1-3,6-7,16,18,21,30H,4-5,8-11H2,(H,24,31)(H,28,29)(H,33,34)/t16?,18-,21-/m1/s1. The van der Waals surface area contributed by atoms with Gasteiger partial charge in [-0.2, -0.15) is 0 Å². The van der Waals surface area contributed by atoms with Crippen molar-refractivity contribution < 1.29 is 38.9 Å². The summed E-state index contributed by atoms with van der Waals surface area (Å²) in [7, 11) is 0. The zero-order chi connectivity index (χ0) is 26.5. The third-order valence-electron chi connectivity index (χ3n) is 5.76. The number of unbranched alkanes of at least 4 members (excludes halogenated alkanes) is 1. The van der Waals surface area contributed by atoms with Crippen molar-refractivity contribution in [3.05, 3.63) is 53.1 Å². The van der Waals surface area contributed by atoms with Gasteiger partial charge in [-0.15, -0.1) is 22.0 Å². The molecule has 1 unspecified atom stereocenters. The maximum atomic E-state index is 12.8. The number of carboxylic acid groups (broad SMARTS) is 2. The van der Waals surface area contributed by atoms with Gasteiger partial charge in [-0.1, -0.05) is 42.1 Å². The van der Waals surface area contributed by atoms with Crippen LogP contribution in [0.5, 0.6) is 0 Å². The van der Waals surface area contributed by atoms with E-state index in [2.05, 4.69) is 15.5 Å². The molecular weight excluding hydrogens is 524 g/mol. The first-order valence-electron chi connectivity index (χ1n) is 11.4. The number of nitrogens with zero attached hydrogens (tertiary/aromatic N) is 3. The Bertz CT molecular complexity index is 1220. The number of thioether (sulfide) groups is 2. The molecule has 196 valence electrons. The van der Waals surface area contributed by atoms with E-state index in [0.717, 1.165) is 16.7 Å². The fourth-order valence-corrected chi connectivity index (χ4v) is 6.18. The highest BCUT2D eigenvalue weighted by molar-refractivity contribution is 8.01. The van der Waals surface area contributed by atoms with Crippen LogP contribution in [-0.2, 0) is 25.6 Å². The number of carboxylic acids is 2. The molecule has 0 spiro atoms. The van der Waals surface area contributed by atoms with Gasteiger partial charge in [-0.25, -0.2) is 4.79 Å². The summed E-state index contributed by atoms with van der Waals surface area (Å²) < 4.78 is 5.54. The minimum absolute atomic E-state index is 0.0634. The van der Waals surface area contributed by atoms with E-state index in [1.807, 2.05) is 0 Å². The number of aliphatic hydroxyl groups is 1. The van der Waals surface area contributed by atoms with E-state index in [0.29, 0.717) is 42.0 Å². The molecule has 2 aromatic rings. The lowest BCUT2D eigenvalue weighted by atomic mass is 10.0. The molecule has 1 aromatic heterocycles. The first-order valence-corrected chi connectivity index (χ1v) is 13.4. The number of nitrogens with one attached hydrogen (secondary N) is 1. The summed E-state index contributed by atoms with van der Waals surface area (Å²) in [6.45, 7) is 0. The van der Waals surface area contributed by atoms with E-state index in [1.54, 1.807) is 30.3 Å². The molecule has 12 nitrogen and oxygen atoms in total. The fraction of sp³-hybridized carbons (Fsp3) is 0.391. The van der Waals surface area contributed by atoms with Crippen LogP contribution in [0.3, 0.4) is 0 Å². The Kier molecular flexibility index (Phi) is 8.51. The number of fused-ring (bicyclic) bond motifs is 1. The van der Waals surface area contributed by atoms with Crippen molar-refractivity contribution in [2.75, 3.05) is 11.5 Å². The minimum Gasteiger partial charge on any atom is -0.481 e. The van der Waals surface area contributed by atoms with Crippen LogP contribution in [0.4, 0.5) is 0 Å². The summed E-state index contributed by atoms with van der Waals surface area (Å²) >= 11 is 2.46. The highest BCUT2D eigenvalue weighted by Crippen LogP contribution is 2.41. The maximum absolute atomic E-state index is 12.8. The summed E-state index contributed by atoms with van der Waals surface area (Å²) in [5.74, 6) is -2.53. The number of amides is 2. The molecule has 1 fully saturated rings. The quantitative estimate of drug-likeness (QED) is 0.170. The Hall–Kier alpha value is -3.36. The van der Waals surface area contributed by atoms with Crippen LogP contribution < -0.4 is 5.32 Å². The minimum atomic E-state index is -1.45. The third-order valence-corrected chi connectivity index (χ3v) is 8.01. The SMILES string of the molecule is O=C(O)CCCCc1nnc(SCC2=C(C(=O)O)N3C(=O)C(NC(=O)[C@H](O)c4ccccc4)[C@H]3SC2)o1. The number of carbonyl (C=O) groups excluding carboxylic acids is 2. The van der Waals surface area contributed by atoms with Gasteiger partial charge in [-0.3, -0.25) is 19.3 Å². The molecule has 0 bridgehead atoms. The molecule has 4 rings (SSSR count). The van der Waals surface area contributed by atoms with Gasteiger partial charge >= 0.3 is 11.9 Å². The summed E-state index contributed by atoms with van der Waals surface area (Å²) in [6.07, 6.45) is 0.130. The van der Waals surface area contributed by atoms with Crippen LogP contribution in [0.1, 0.15) is 36.8 Å². The molecule has 1 saturated heterocycles. The summed E-state index contributed by atoms with van der Waals surface area (Å²) in [6, 6.07) is 7.35. The number of aliphatic hydroxyl groups excluding tert-OH is 1. The average molecular weight is 549 g/mol. The second-order valence-electron chi connectivity index (χ2n) is 8.32. The molecule has 4 N–H and O–H groups in total. The molecule has 2 amide bonds. The second kappa shape index (κ2) is 11.8. The number of rotatable bonds is 12. The number of carbonyl (C=O) groups is 4. The van der Waals surface area contributed by atoms with E-state index >= 15 is 0 Å². The Labute approximate surface area is 219 Å². The average Bonchev–Trinajstić information content (AvgIpc) is 3.35. The van der Waals surface area contributed by atoms with Gasteiger partial charge < -0.3 is 25.1 Å². The number of hydrogen-bond donors (Lipinski definition) is 4. The van der Waals surface area contributed by atoms with Gasteiger partial charge in [0, 0.05) is 24.3 Å². The van der Waals surface area contributed by atoms with Gasteiger partial charge in [-0.05, 0) is 24.0 Å². The molecule has 2 aliphatic heterocycles. The third kappa shape index (κ3) is 6.14. The highest BCUT2D eigenvalue weighted by Gasteiger charge is 2.54. The number of benzene rings is 1. The van der Waals surface area contributed by atoms with Gasteiger partial charge in [0.05, 0.1) is 0 Å². The predicted molar refractivity (Wildman–Crippen MR) is 131 cm³/mol. The lowest BCUT2D eigenvalue weighted by Gasteiger charge is -2.49. The molecule has 14 heteroatoms. The lowest BCUT2D eigenvalue weighted by molar-refractivity contribution is -0.151. The van der Waals surface area contributed by atoms with Crippen molar-refractivity contribution in [2.45, 2.75) is 48.4 Å². The smallest absolute Gasteiger partial charge is 0.352 e. The van der Waals surface area contributed by atoms with Crippen molar-refractivity contribution in [3.63, 3.8) is 0 Å². The number of aromatic nitrogens is 2. The number of hydrogen-bond acceptors (Lipinski definition) is 10. The highest BCUT2D eigenvalue weighted by atomic mass is 32.2. The van der Waals surface area contributed by atoms with Crippen molar-refractivity contribution in [1.82, 2.24) is 20.4 Å². The Balaban J connectivity index is 1.36. The fourth-order valence-electron chi connectivity index (χ4n) is 3.91. The van der Waals surface area contributed by atoms with E-state index in [-0.39, 0.29) is 23.1 Å². The monoisotopic (exact) mass is 548 g/mol. The zero-order valence-corrected chi connectivity index (χ0v) is 21.0. The van der Waals surface area contributed by atoms with Crippen molar-refractivity contribution >= 4 is 47.3 Å². The zero-order valence-electron chi connectivity index (χ0n) is 19.4. The molecule has 0 saturated carbocycles. The largest absolute Gasteiger partial charge is 0.481 e. The van der Waals surface area contributed by atoms with Crippen LogP contribution in [0, 0.1) is 0 Å². The van der Waals surface area contributed by atoms with Crippen LogP contribution in [0.2, 0.25) is 0 Å².